The molecule has 2 aliphatic heterocycles. The Labute approximate surface area is 149 Å². The summed E-state index contributed by atoms with van der Waals surface area (Å²) in [7, 11) is 0. The van der Waals surface area contributed by atoms with Crippen molar-refractivity contribution in [3.8, 4) is 0 Å². The second-order valence-electron chi connectivity index (χ2n) is 6.57. The molecule has 0 spiro atoms. The van der Waals surface area contributed by atoms with Crippen LogP contribution < -0.4 is 10.6 Å². The zero-order valence-corrected chi connectivity index (χ0v) is 14.8. The second kappa shape index (κ2) is 8.49. The summed E-state index contributed by atoms with van der Waals surface area (Å²) in [4.78, 5) is 26.5. The minimum absolute atomic E-state index is 0. The molecule has 24 heavy (non-hydrogen) atoms. The number of carbonyl (C=O) groups is 2. The van der Waals surface area contributed by atoms with Crippen molar-refractivity contribution in [1.29, 1.82) is 0 Å². The summed E-state index contributed by atoms with van der Waals surface area (Å²) in [5, 5.41) is 6.37. The summed E-state index contributed by atoms with van der Waals surface area (Å²) < 4.78 is 0. The number of hydrogen-bond donors (Lipinski definition) is 2. The Hall–Kier alpha value is -1.59. The number of hydrogen-bond acceptors (Lipinski definition) is 3. The lowest BCUT2D eigenvalue weighted by atomic mass is 10.1. The quantitative estimate of drug-likeness (QED) is 0.851. The molecule has 1 aromatic rings. The van der Waals surface area contributed by atoms with Crippen molar-refractivity contribution in [3.63, 3.8) is 0 Å². The fraction of sp³-hybridized carbons (Fsp3) is 0.556. The zero-order chi connectivity index (χ0) is 16.2. The highest BCUT2D eigenvalue weighted by atomic mass is 35.5. The van der Waals surface area contributed by atoms with Gasteiger partial charge >= 0.3 is 0 Å². The van der Waals surface area contributed by atoms with Crippen molar-refractivity contribution in [3.05, 3.63) is 35.9 Å². The van der Waals surface area contributed by atoms with Crippen LogP contribution in [0.4, 0.5) is 0 Å². The lowest BCUT2D eigenvalue weighted by molar-refractivity contribution is -0.130. The molecule has 1 aromatic carbocycles. The number of carbonyl (C=O) groups excluding carboxylic acids is 2. The molecule has 0 bridgehead atoms. The highest BCUT2D eigenvalue weighted by molar-refractivity contribution is 5.89. The summed E-state index contributed by atoms with van der Waals surface area (Å²) in [6, 6.07) is 10.4. The van der Waals surface area contributed by atoms with E-state index in [1.54, 1.807) is 0 Å². The minimum atomic E-state index is -0.227. The lowest BCUT2D eigenvalue weighted by Crippen LogP contribution is -2.40. The monoisotopic (exact) mass is 351 g/mol. The third-order valence-electron chi connectivity index (χ3n) is 4.96. The van der Waals surface area contributed by atoms with Crippen molar-refractivity contribution in [2.75, 3.05) is 19.6 Å². The predicted octanol–water partition coefficient (Wildman–Crippen LogP) is 1.89. The van der Waals surface area contributed by atoms with Crippen LogP contribution in [0, 0.1) is 5.92 Å². The van der Waals surface area contributed by atoms with Crippen molar-refractivity contribution < 1.29 is 9.59 Å². The van der Waals surface area contributed by atoms with E-state index < -0.39 is 0 Å². The summed E-state index contributed by atoms with van der Waals surface area (Å²) in [6.07, 6.45) is 2.60. The van der Waals surface area contributed by atoms with E-state index >= 15 is 0 Å². The number of amides is 2. The Bertz CT molecular complexity index is 561. The van der Waals surface area contributed by atoms with Crippen LogP contribution in [0.2, 0.25) is 0 Å². The molecule has 3 unspecified atom stereocenters. The molecule has 2 fully saturated rings. The van der Waals surface area contributed by atoms with Crippen LogP contribution in [0.1, 0.15) is 37.8 Å². The smallest absolute Gasteiger partial charge is 0.225 e. The largest absolute Gasteiger partial charge is 0.354 e. The summed E-state index contributed by atoms with van der Waals surface area (Å²) in [6.45, 7) is 4.23. The maximum atomic E-state index is 12.3. The molecule has 2 amide bonds. The number of nitrogens with zero attached hydrogens (tertiary/aromatic N) is 1. The average Bonchev–Trinajstić information content (AvgIpc) is 3.22. The summed E-state index contributed by atoms with van der Waals surface area (Å²) in [5.41, 5.74) is 1.11. The fourth-order valence-corrected chi connectivity index (χ4v) is 3.49. The maximum absolute atomic E-state index is 12.3. The van der Waals surface area contributed by atoms with Crippen molar-refractivity contribution in [1.82, 2.24) is 15.5 Å². The number of halogens is 1. The molecule has 3 atom stereocenters. The molecular formula is C18H26ClN3O2. The van der Waals surface area contributed by atoms with Gasteiger partial charge in [-0.3, -0.25) is 9.59 Å². The van der Waals surface area contributed by atoms with E-state index in [4.69, 9.17) is 0 Å². The molecule has 0 aliphatic carbocycles. The van der Waals surface area contributed by atoms with Crippen LogP contribution in [-0.2, 0) is 9.59 Å². The third kappa shape index (κ3) is 4.28. The van der Waals surface area contributed by atoms with Crippen molar-refractivity contribution >= 4 is 24.2 Å². The van der Waals surface area contributed by atoms with Crippen LogP contribution in [0.3, 0.4) is 0 Å². The van der Waals surface area contributed by atoms with E-state index in [9.17, 15) is 9.59 Å². The minimum Gasteiger partial charge on any atom is -0.354 e. The zero-order valence-electron chi connectivity index (χ0n) is 14.0. The van der Waals surface area contributed by atoms with E-state index in [2.05, 4.69) is 10.6 Å². The van der Waals surface area contributed by atoms with Crippen LogP contribution in [-0.4, -0.2) is 42.4 Å². The van der Waals surface area contributed by atoms with Gasteiger partial charge in [-0.2, -0.15) is 0 Å². The molecular weight excluding hydrogens is 326 g/mol. The lowest BCUT2D eigenvalue weighted by Gasteiger charge is -2.25. The first-order valence-electron chi connectivity index (χ1n) is 8.50. The van der Waals surface area contributed by atoms with Gasteiger partial charge in [0.25, 0.3) is 0 Å². The number of benzene rings is 1. The first-order valence-corrected chi connectivity index (χ1v) is 8.50. The molecule has 0 aromatic heterocycles. The van der Waals surface area contributed by atoms with Gasteiger partial charge in [-0.25, -0.2) is 0 Å². The van der Waals surface area contributed by atoms with Gasteiger partial charge < -0.3 is 15.5 Å². The van der Waals surface area contributed by atoms with Gasteiger partial charge in [0, 0.05) is 25.6 Å². The van der Waals surface area contributed by atoms with Gasteiger partial charge in [0.2, 0.25) is 11.8 Å². The highest BCUT2D eigenvalue weighted by Gasteiger charge is 2.37. The molecule has 2 saturated heterocycles. The average molecular weight is 352 g/mol. The Morgan fingerprint density at radius 1 is 1.38 bits per heavy atom. The van der Waals surface area contributed by atoms with Gasteiger partial charge in [0.05, 0.1) is 12.0 Å². The van der Waals surface area contributed by atoms with Gasteiger partial charge in [0.15, 0.2) is 0 Å². The predicted molar refractivity (Wildman–Crippen MR) is 96.0 cm³/mol. The maximum Gasteiger partial charge on any atom is 0.225 e. The normalized spacial score (nSPS) is 24.5. The van der Waals surface area contributed by atoms with Crippen LogP contribution >= 0.6 is 12.4 Å². The van der Waals surface area contributed by atoms with Crippen molar-refractivity contribution in [2.24, 2.45) is 5.92 Å². The Morgan fingerprint density at radius 3 is 2.79 bits per heavy atom. The van der Waals surface area contributed by atoms with E-state index in [1.807, 2.05) is 42.2 Å². The molecule has 0 saturated carbocycles. The van der Waals surface area contributed by atoms with Gasteiger partial charge in [0.1, 0.15) is 0 Å². The summed E-state index contributed by atoms with van der Waals surface area (Å²) in [5.74, 6) is -0.148. The van der Waals surface area contributed by atoms with Gasteiger partial charge in [-0.15, -0.1) is 12.4 Å². The molecule has 3 rings (SSSR count). The Kier molecular flexibility index (Phi) is 6.63. The Morgan fingerprint density at radius 2 is 2.12 bits per heavy atom. The number of rotatable bonds is 5. The third-order valence-corrected chi connectivity index (χ3v) is 4.96. The molecule has 2 aliphatic rings. The van der Waals surface area contributed by atoms with Gasteiger partial charge in [-0.05, 0) is 31.9 Å². The van der Waals surface area contributed by atoms with Crippen LogP contribution in [0.25, 0.3) is 0 Å². The van der Waals surface area contributed by atoms with Crippen LogP contribution in [0.5, 0.6) is 0 Å². The second-order valence-corrected chi connectivity index (χ2v) is 6.57. The molecule has 6 heteroatoms. The molecule has 2 heterocycles. The number of nitrogens with one attached hydrogen (secondary N) is 2. The number of likely N-dealkylation sites (tertiary alicyclic amines) is 1. The molecule has 2 N–H and O–H groups in total. The Balaban J connectivity index is 0.00000208. The van der Waals surface area contributed by atoms with Gasteiger partial charge in [-0.1, -0.05) is 30.3 Å². The first-order chi connectivity index (χ1) is 11.1. The van der Waals surface area contributed by atoms with E-state index in [-0.39, 0.29) is 36.2 Å². The standard InChI is InChI=1S/C18H25N3O2.ClH/c1-13(14-6-3-2-4-7-14)21-12-15(10-17(21)22)18(23)20-11-16-8-5-9-19-16;/h2-4,6-7,13,15-16,19H,5,8-12H2,1H3,(H,20,23);1H. The van der Waals surface area contributed by atoms with Crippen LogP contribution in [0.15, 0.2) is 30.3 Å². The molecule has 132 valence electrons. The molecule has 0 radical (unpaired) electrons. The highest BCUT2D eigenvalue weighted by Crippen LogP contribution is 2.28. The first kappa shape index (κ1) is 18.7. The fourth-order valence-electron chi connectivity index (χ4n) is 3.49. The molecule has 5 nitrogen and oxygen atoms in total. The van der Waals surface area contributed by atoms with E-state index in [1.165, 1.54) is 6.42 Å². The van der Waals surface area contributed by atoms with E-state index in [0.717, 1.165) is 18.5 Å². The SMILES string of the molecule is CC(c1ccccc1)N1CC(C(=O)NCC2CCCN2)CC1=O.Cl. The topological polar surface area (TPSA) is 61.4 Å². The summed E-state index contributed by atoms with van der Waals surface area (Å²) >= 11 is 0. The van der Waals surface area contributed by atoms with Crippen molar-refractivity contribution in [2.45, 2.75) is 38.3 Å². The van der Waals surface area contributed by atoms with E-state index in [0.29, 0.717) is 25.6 Å².